The molecule has 1 radical (unpaired) electrons. The quantitative estimate of drug-likeness (QED) is 0.762. The molecule has 2 aliphatic heterocycles. The molecule has 97 valence electrons. The SMILES string of the molecule is O=C1CC=C(C2Oc3cc(F)[c]cc3NC2=O)SN1. The molecule has 2 N–H and O–H groups in total. The van der Waals surface area contributed by atoms with Crippen molar-refractivity contribution in [2.24, 2.45) is 0 Å². The molecular formula is C12H8FN2O3S. The molecule has 3 rings (SSSR count). The minimum Gasteiger partial charge on any atom is -0.473 e. The maximum absolute atomic E-state index is 13.1. The van der Waals surface area contributed by atoms with Gasteiger partial charge in [-0.05, 0) is 18.0 Å². The highest BCUT2D eigenvalue weighted by atomic mass is 32.2. The summed E-state index contributed by atoms with van der Waals surface area (Å²) in [6.45, 7) is 0. The van der Waals surface area contributed by atoms with Crippen molar-refractivity contribution >= 4 is 29.4 Å². The van der Waals surface area contributed by atoms with Crippen molar-refractivity contribution in [1.29, 1.82) is 0 Å². The summed E-state index contributed by atoms with van der Waals surface area (Å²) in [4.78, 5) is 23.5. The first-order valence-corrected chi connectivity index (χ1v) is 6.29. The van der Waals surface area contributed by atoms with Gasteiger partial charge in [0.15, 0.2) is 0 Å². The summed E-state index contributed by atoms with van der Waals surface area (Å²) in [5.41, 5.74) is 0.382. The lowest BCUT2D eigenvalue weighted by molar-refractivity contribution is -0.122. The average Bonchev–Trinajstić information content (AvgIpc) is 2.40. The highest BCUT2D eigenvalue weighted by Gasteiger charge is 2.33. The molecule has 0 saturated heterocycles. The van der Waals surface area contributed by atoms with Crippen LogP contribution in [-0.4, -0.2) is 17.9 Å². The standard InChI is InChI=1S/C12H8FN2O3S/c13-6-1-2-7-8(5-6)18-11(12(17)14-7)9-3-4-10(16)15-19-9/h2-3,5,11H,4H2,(H,14,17)(H,15,16). The van der Waals surface area contributed by atoms with Crippen LogP contribution in [0.5, 0.6) is 5.75 Å². The van der Waals surface area contributed by atoms with E-state index >= 15 is 0 Å². The summed E-state index contributed by atoms with van der Waals surface area (Å²) in [5, 5.41) is 2.62. The van der Waals surface area contributed by atoms with Gasteiger partial charge in [-0.3, -0.25) is 14.3 Å². The van der Waals surface area contributed by atoms with Crippen LogP contribution in [0.25, 0.3) is 0 Å². The zero-order chi connectivity index (χ0) is 13.4. The van der Waals surface area contributed by atoms with Gasteiger partial charge in [0.25, 0.3) is 5.91 Å². The van der Waals surface area contributed by atoms with E-state index in [9.17, 15) is 14.0 Å². The first kappa shape index (κ1) is 12.0. The molecule has 0 fully saturated rings. The Bertz CT molecular complexity index is 603. The number of hydrogen-bond donors (Lipinski definition) is 2. The molecule has 1 aromatic carbocycles. The molecule has 1 atom stereocenters. The topological polar surface area (TPSA) is 67.4 Å². The number of hydrogen-bond acceptors (Lipinski definition) is 4. The zero-order valence-corrected chi connectivity index (χ0v) is 10.3. The summed E-state index contributed by atoms with van der Waals surface area (Å²) in [6.07, 6.45) is 0.948. The number of carbonyl (C=O) groups is 2. The Hall–Kier alpha value is -2.02. The molecule has 2 heterocycles. The van der Waals surface area contributed by atoms with E-state index in [1.807, 2.05) is 0 Å². The van der Waals surface area contributed by atoms with Crippen molar-refractivity contribution in [2.75, 3.05) is 5.32 Å². The van der Waals surface area contributed by atoms with Gasteiger partial charge in [0.1, 0.15) is 11.6 Å². The second-order valence-electron chi connectivity index (χ2n) is 3.98. The Balaban J connectivity index is 1.89. The van der Waals surface area contributed by atoms with Crippen LogP contribution in [0.15, 0.2) is 23.1 Å². The zero-order valence-electron chi connectivity index (χ0n) is 9.53. The van der Waals surface area contributed by atoms with Gasteiger partial charge in [0.05, 0.1) is 10.6 Å². The van der Waals surface area contributed by atoms with Crippen LogP contribution in [0.4, 0.5) is 10.1 Å². The van der Waals surface area contributed by atoms with Crippen LogP contribution in [0.3, 0.4) is 0 Å². The van der Waals surface area contributed by atoms with Gasteiger partial charge in [-0.1, -0.05) is 6.08 Å². The van der Waals surface area contributed by atoms with Crippen molar-refractivity contribution in [3.05, 3.63) is 35.0 Å². The number of fused-ring (bicyclic) bond motifs is 1. The number of rotatable bonds is 1. The van der Waals surface area contributed by atoms with E-state index in [0.29, 0.717) is 10.6 Å². The third kappa shape index (κ3) is 2.28. The Morgan fingerprint density at radius 1 is 1.47 bits per heavy atom. The molecule has 2 amide bonds. The smallest absolute Gasteiger partial charge is 0.270 e. The van der Waals surface area contributed by atoms with E-state index in [1.54, 1.807) is 6.08 Å². The molecule has 2 aliphatic rings. The third-order valence-electron chi connectivity index (χ3n) is 2.65. The van der Waals surface area contributed by atoms with Gasteiger partial charge in [-0.2, -0.15) is 0 Å². The van der Waals surface area contributed by atoms with Gasteiger partial charge >= 0.3 is 0 Å². The van der Waals surface area contributed by atoms with E-state index in [2.05, 4.69) is 16.1 Å². The largest absolute Gasteiger partial charge is 0.473 e. The lowest BCUT2D eigenvalue weighted by Crippen LogP contribution is -2.39. The van der Waals surface area contributed by atoms with Crippen LogP contribution in [0.1, 0.15) is 6.42 Å². The van der Waals surface area contributed by atoms with Gasteiger partial charge in [0, 0.05) is 18.6 Å². The predicted octanol–water partition coefficient (Wildman–Crippen LogP) is 1.38. The van der Waals surface area contributed by atoms with Crippen molar-refractivity contribution in [2.45, 2.75) is 12.5 Å². The maximum Gasteiger partial charge on any atom is 0.270 e. The number of ether oxygens (including phenoxy) is 1. The fourth-order valence-corrected chi connectivity index (χ4v) is 2.50. The molecule has 1 unspecified atom stereocenters. The summed E-state index contributed by atoms with van der Waals surface area (Å²) >= 11 is 1.03. The fourth-order valence-electron chi connectivity index (χ4n) is 1.76. The summed E-state index contributed by atoms with van der Waals surface area (Å²) in [7, 11) is 0. The van der Waals surface area contributed by atoms with Gasteiger partial charge in [-0.25, -0.2) is 4.39 Å². The molecule has 0 bridgehead atoms. The monoisotopic (exact) mass is 279 g/mol. The third-order valence-corrected chi connectivity index (χ3v) is 3.59. The second-order valence-corrected chi connectivity index (χ2v) is 4.86. The van der Waals surface area contributed by atoms with E-state index in [1.165, 1.54) is 6.07 Å². The van der Waals surface area contributed by atoms with E-state index in [-0.39, 0.29) is 24.0 Å². The summed E-state index contributed by atoms with van der Waals surface area (Å²) in [6, 6.07) is 4.83. The molecule has 0 aromatic heterocycles. The van der Waals surface area contributed by atoms with E-state index < -0.39 is 11.9 Å². The minimum absolute atomic E-state index is 0.133. The first-order chi connectivity index (χ1) is 9.13. The van der Waals surface area contributed by atoms with Gasteiger partial charge < -0.3 is 10.1 Å². The van der Waals surface area contributed by atoms with Crippen molar-refractivity contribution in [1.82, 2.24) is 4.72 Å². The second kappa shape index (κ2) is 4.58. The fraction of sp³-hybridized carbons (Fsp3) is 0.167. The highest BCUT2D eigenvalue weighted by molar-refractivity contribution is 8.01. The Kier molecular flexibility index (Phi) is 2.90. The lowest BCUT2D eigenvalue weighted by Gasteiger charge is -2.28. The maximum atomic E-state index is 13.1. The molecule has 19 heavy (non-hydrogen) atoms. The molecule has 0 aliphatic carbocycles. The van der Waals surface area contributed by atoms with Crippen LogP contribution in [0, 0.1) is 11.9 Å². The molecule has 7 heteroatoms. The Morgan fingerprint density at radius 3 is 3.05 bits per heavy atom. The molecule has 5 nitrogen and oxygen atoms in total. The van der Waals surface area contributed by atoms with Crippen molar-refractivity contribution in [3.8, 4) is 5.75 Å². The number of nitrogens with one attached hydrogen (secondary N) is 2. The van der Waals surface area contributed by atoms with Crippen molar-refractivity contribution < 1.29 is 18.7 Å². The van der Waals surface area contributed by atoms with Gasteiger partial charge in [0.2, 0.25) is 12.0 Å². The summed E-state index contributed by atoms with van der Waals surface area (Å²) in [5.74, 6) is -0.806. The molecule has 1 aromatic rings. The van der Waals surface area contributed by atoms with Crippen LogP contribution >= 0.6 is 11.9 Å². The van der Waals surface area contributed by atoms with Gasteiger partial charge in [-0.15, -0.1) is 0 Å². The van der Waals surface area contributed by atoms with Crippen molar-refractivity contribution in [3.63, 3.8) is 0 Å². The summed E-state index contributed by atoms with van der Waals surface area (Å²) < 4.78 is 21.1. The number of amides is 2. The van der Waals surface area contributed by atoms with Crippen LogP contribution in [0.2, 0.25) is 0 Å². The van der Waals surface area contributed by atoms with Crippen LogP contribution < -0.4 is 14.8 Å². The lowest BCUT2D eigenvalue weighted by atomic mass is 10.2. The highest BCUT2D eigenvalue weighted by Crippen LogP contribution is 2.34. The van der Waals surface area contributed by atoms with Crippen LogP contribution in [-0.2, 0) is 9.59 Å². The molecule has 0 spiro atoms. The normalized spacial score (nSPS) is 21.7. The Morgan fingerprint density at radius 2 is 2.32 bits per heavy atom. The Labute approximate surface area is 112 Å². The average molecular weight is 279 g/mol. The van der Waals surface area contributed by atoms with E-state index in [4.69, 9.17) is 4.74 Å². The minimum atomic E-state index is -0.875. The molecule has 0 saturated carbocycles. The molecular weight excluding hydrogens is 271 g/mol. The predicted molar refractivity (Wildman–Crippen MR) is 66.7 cm³/mol. The van der Waals surface area contributed by atoms with E-state index in [0.717, 1.165) is 18.0 Å². The number of benzene rings is 1. The first-order valence-electron chi connectivity index (χ1n) is 5.48. The number of halogens is 1. The number of carbonyl (C=O) groups excluding carboxylic acids is 2. The number of anilines is 1.